The first-order valence-corrected chi connectivity index (χ1v) is 10.2. The van der Waals surface area contributed by atoms with Crippen molar-refractivity contribution in [1.29, 1.82) is 0 Å². The van der Waals surface area contributed by atoms with Crippen molar-refractivity contribution in [2.75, 3.05) is 7.11 Å². The molecule has 0 bridgehead atoms. The Labute approximate surface area is 180 Å². The van der Waals surface area contributed by atoms with E-state index < -0.39 is 0 Å². The Kier molecular flexibility index (Phi) is 6.13. The summed E-state index contributed by atoms with van der Waals surface area (Å²) in [6, 6.07) is 27.0. The molecule has 1 aromatic heterocycles. The zero-order valence-corrected chi connectivity index (χ0v) is 17.4. The highest BCUT2D eigenvalue weighted by molar-refractivity contribution is 5.32. The maximum atomic E-state index is 13.3. The molecule has 0 aliphatic carbocycles. The molecular formula is C26H24N2O3. The van der Waals surface area contributed by atoms with Crippen molar-refractivity contribution in [1.82, 2.24) is 9.13 Å². The molecule has 0 unspecified atom stereocenters. The quantitative estimate of drug-likeness (QED) is 0.465. The van der Waals surface area contributed by atoms with Crippen molar-refractivity contribution in [3.63, 3.8) is 0 Å². The topological polar surface area (TPSA) is 53.2 Å². The van der Waals surface area contributed by atoms with Crippen LogP contribution >= 0.6 is 0 Å². The molecule has 4 aromatic rings. The molecule has 0 saturated heterocycles. The normalized spacial score (nSPS) is 10.7. The summed E-state index contributed by atoms with van der Waals surface area (Å²) in [6.07, 6.45) is 2.11. The third kappa shape index (κ3) is 4.83. The molecule has 5 nitrogen and oxygen atoms in total. The number of hydrogen-bond acceptors (Lipinski definition) is 3. The fourth-order valence-electron chi connectivity index (χ4n) is 3.64. The van der Waals surface area contributed by atoms with Gasteiger partial charge in [-0.15, -0.1) is 0 Å². The SMILES string of the molecule is COc1cccc(Cc2cn(Cc3ccccc3)c(=O)n(Cc3ccccc3)c2=O)c1. The first-order valence-electron chi connectivity index (χ1n) is 10.2. The van der Waals surface area contributed by atoms with E-state index in [0.717, 1.165) is 22.4 Å². The molecule has 0 fully saturated rings. The Morgan fingerprint density at radius 3 is 2.00 bits per heavy atom. The molecule has 0 aliphatic rings. The van der Waals surface area contributed by atoms with Crippen LogP contribution in [0.1, 0.15) is 22.3 Å². The third-order valence-electron chi connectivity index (χ3n) is 5.22. The number of methoxy groups -OCH3 is 1. The molecule has 3 aromatic carbocycles. The molecule has 0 atom stereocenters. The third-order valence-corrected chi connectivity index (χ3v) is 5.22. The molecule has 0 saturated carbocycles. The van der Waals surface area contributed by atoms with Crippen LogP contribution in [0.3, 0.4) is 0 Å². The highest BCUT2D eigenvalue weighted by Gasteiger charge is 2.13. The van der Waals surface area contributed by atoms with Crippen LogP contribution in [0.25, 0.3) is 0 Å². The van der Waals surface area contributed by atoms with Gasteiger partial charge in [0.25, 0.3) is 5.56 Å². The maximum absolute atomic E-state index is 13.3. The molecular weight excluding hydrogens is 388 g/mol. The smallest absolute Gasteiger partial charge is 0.331 e. The fraction of sp³-hybridized carbons (Fsp3) is 0.154. The van der Waals surface area contributed by atoms with Gasteiger partial charge in [-0.05, 0) is 28.8 Å². The predicted molar refractivity (Wildman–Crippen MR) is 122 cm³/mol. The maximum Gasteiger partial charge on any atom is 0.331 e. The van der Waals surface area contributed by atoms with Crippen LogP contribution in [0, 0.1) is 0 Å². The van der Waals surface area contributed by atoms with Gasteiger partial charge in [0.1, 0.15) is 5.75 Å². The van der Waals surface area contributed by atoms with Crippen LogP contribution < -0.4 is 16.0 Å². The number of benzene rings is 3. The van der Waals surface area contributed by atoms with Crippen molar-refractivity contribution in [3.8, 4) is 5.75 Å². The van der Waals surface area contributed by atoms with E-state index in [1.165, 1.54) is 4.57 Å². The van der Waals surface area contributed by atoms with Gasteiger partial charge in [0.2, 0.25) is 0 Å². The van der Waals surface area contributed by atoms with Crippen LogP contribution in [0.2, 0.25) is 0 Å². The van der Waals surface area contributed by atoms with E-state index in [4.69, 9.17) is 4.74 Å². The van der Waals surface area contributed by atoms with Crippen molar-refractivity contribution >= 4 is 0 Å². The molecule has 4 rings (SSSR count). The summed E-state index contributed by atoms with van der Waals surface area (Å²) in [5.41, 5.74) is 2.86. The largest absolute Gasteiger partial charge is 0.497 e. The number of rotatable bonds is 7. The molecule has 0 amide bonds. The molecule has 31 heavy (non-hydrogen) atoms. The van der Waals surface area contributed by atoms with Gasteiger partial charge in [-0.2, -0.15) is 0 Å². The lowest BCUT2D eigenvalue weighted by molar-refractivity contribution is 0.414. The summed E-state index contributed by atoms with van der Waals surface area (Å²) in [7, 11) is 1.62. The molecule has 156 valence electrons. The summed E-state index contributed by atoms with van der Waals surface area (Å²) in [5.74, 6) is 0.736. The second-order valence-corrected chi connectivity index (χ2v) is 7.46. The highest BCUT2D eigenvalue weighted by Crippen LogP contribution is 2.15. The van der Waals surface area contributed by atoms with E-state index in [-0.39, 0.29) is 17.8 Å². The summed E-state index contributed by atoms with van der Waals surface area (Å²) in [5, 5.41) is 0. The lowest BCUT2D eigenvalue weighted by Gasteiger charge is -2.14. The minimum Gasteiger partial charge on any atom is -0.497 e. The van der Waals surface area contributed by atoms with Crippen molar-refractivity contribution < 1.29 is 4.74 Å². The van der Waals surface area contributed by atoms with Crippen molar-refractivity contribution in [2.45, 2.75) is 19.5 Å². The summed E-state index contributed by atoms with van der Waals surface area (Å²) in [6.45, 7) is 0.638. The Bertz CT molecular complexity index is 1280. The lowest BCUT2D eigenvalue weighted by atomic mass is 10.1. The predicted octanol–water partition coefficient (Wildman–Crippen LogP) is 3.71. The molecule has 1 heterocycles. The van der Waals surface area contributed by atoms with Gasteiger partial charge in [0, 0.05) is 18.2 Å². The van der Waals surface area contributed by atoms with Crippen LogP contribution in [0.4, 0.5) is 0 Å². The number of ether oxygens (including phenoxy) is 1. The summed E-state index contributed by atoms with van der Waals surface area (Å²) in [4.78, 5) is 26.5. The van der Waals surface area contributed by atoms with Gasteiger partial charge in [-0.3, -0.25) is 13.9 Å². The molecule has 5 heteroatoms. The highest BCUT2D eigenvalue weighted by atomic mass is 16.5. The van der Waals surface area contributed by atoms with Crippen LogP contribution in [0.15, 0.2) is 101 Å². The van der Waals surface area contributed by atoms with E-state index >= 15 is 0 Å². The van der Waals surface area contributed by atoms with E-state index in [2.05, 4.69) is 0 Å². The van der Waals surface area contributed by atoms with Gasteiger partial charge in [0.15, 0.2) is 0 Å². The molecule has 0 N–H and O–H groups in total. The minimum atomic E-state index is -0.313. The zero-order valence-electron chi connectivity index (χ0n) is 17.4. The first-order chi connectivity index (χ1) is 15.1. The second-order valence-electron chi connectivity index (χ2n) is 7.46. The standard InChI is InChI=1S/C26H24N2O3/c1-31-24-14-8-13-22(16-24)15-23-19-27(17-20-9-4-2-5-10-20)26(30)28(25(23)29)18-21-11-6-3-7-12-21/h2-14,16,19H,15,17-18H2,1H3. The lowest BCUT2D eigenvalue weighted by Crippen LogP contribution is -2.41. The number of hydrogen-bond donors (Lipinski definition) is 0. The van der Waals surface area contributed by atoms with E-state index in [0.29, 0.717) is 18.5 Å². The van der Waals surface area contributed by atoms with Gasteiger partial charge >= 0.3 is 5.69 Å². The molecule has 0 aliphatic heterocycles. The van der Waals surface area contributed by atoms with Gasteiger partial charge in [-0.1, -0.05) is 72.8 Å². The second kappa shape index (κ2) is 9.30. The minimum absolute atomic E-state index is 0.235. The van der Waals surface area contributed by atoms with E-state index in [1.807, 2.05) is 84.9 Å². The number of aromatic nitrogens is 2. The summed E-state index contributed by atoms with van der Waals surface area (Å²) >= 11 is 0. The van der Waals surface area contributed by atoms with Crippen LogP contribution in [-0.4, -0.2) is 16.2 Å². The number of nitrogens with zero attached hydrogens (tertiary/aromatic N) is 2. The van der Waals surface area contributed by atoms with E-state index in [1.54, 1.807) is 17.9 Å². The van der Waals surface area contributed by atoms with E-state index in [9.17, 15) is 9.59 Å². The van der Waals surface area contributed by atoms with Crippen LogP contribution in [-0.2, 0) is 19.5 Å². The Morgan fingerprint density at radius 2 is 1.35 bits per heavy atom. The Morgan fingerprint density at radius 1 is 0.742 bits per heavy atom. The zero-order chi connectivity index (χ0) is 21.6. The van der Waals surface area contributed by atoms with Gasteiger partial charge < -0.3 is 4.74 Å². The average Bonchev–Trinajstić information content (AvgIpc) is 2.81. The molecule has 0 spiro atoms. The average molecular weight is 412 g/mol. The first kappa shape index (κ1) is 20.4. The monoisotopic (exact) mass is 412 g/mol. The van der Waals surface area contributed by atoms with Crippen molar-refractivity contribution in [3.05, 3.63) is 134 Å². The van der Waals surface area contributed by atoms with Gasteiger partial charge in [0.05, 0.1) is 20.2 Å². The fourth-order valence-corrected chi connectivity index (χ4v) is 3.64. The summed E-state index contributed by atoms with van der Waals surface area (Å²) < 4.78 is 8.26. The Balaban J connectivity index is 1.79. The van der Waals surface area contributed by atoms with Gasteiger partial charge in [-0.25, -0.2) is 4.79 Å². The molecule has 0 radical (unpaired) electrons. The van der Waals surface area contributed by atoms with Crippen LogP contribution in [0.5, 0.6) is 5.75 Å². The Hall–Kier alpha value is -3.86. The van der Waals surface area contributed by atoms with Crippen molar-refractivity contribution in [2.24, 2.45) is 0 Å².